The molecule has 3 atom stereocenters. The Morgan fingerprint density at radius 2 is 1.68 bits per heavy atom. The molecule has 0 radical (unpaired) electrons. The van der Waals surface area contributed by atoms with E-state index in [-0.39, 0.29) is 36.3 Å². The highest BCUT2D eigenvalue weighted by Gasteiger charge is 2.36. The molecule has 0 saturated carbocycles. The molecule has 5 amide bonds. The van der Waals surface area contributed by atoms with E-state index in [9.17, 15) is 28.8 Å². The summed E-state index contributed by atoms with van der Waals surface area (Å²) in [7, 11) is 3.36. The van der Waals surface area contributed by atoms with Crippen molar-refractivity contribution in [2.75, 3.05) is 39.0 Å². The monoisotopic (exact) mass is 808 g/mol. The summed E-state index contributed by atoms with van der Waals surface area (Å²) in [5.74, 6) is -1.17. The van der Waals surface area contributed by atoms with Gasteiger partial charge < -0.3 is 29.3 Å². The minimum atomic E-state index is -1.00. The molecule has 0 aliphatic carbocycles. The summed E-state index contributed by atoms with van der Waals surface area (Å²) in [4.78, 5) is 86.8. The number of pyridine rings is 1. The fourth-order valence-corrected chi connectivity index (χ4v) is 7.64. The van der Waals surface area contributed by atoms with Crippen molar-refractivity contribution in [3.05, 3.63) is 69.1 Å². The second-order valence-corrected chi connectivity index (χ2v) is 17.1. The molecule has 1 saturated heterocycles. The number of benzene rings is 1. The quantitative estimate of drug-likeness (QED) is 0.327. The standard InChI is InChI=1S/C43H61ClN6O7/c1-28(2)25-35-39(53)48(8)37(27-31-26-32(44)17-18-33(31)30-19-23-49(24-20-30)29(3)51)41(55)47(7)21-13-11-9-10-12-16-36(38(52)45-35)50-22-14-15-34(40(50)54)46-42(56)57-43(4,5)6/h14-15,17-19,22,26,28,35-37H,9-13,16,20-21,23-25,27H2,1-8H3,(H,45,52)(H,46,56)/t35-,36-,37-/m0/s1. The molecule has 4 rings (SSSR count). The maximum absolute atomic E-state index is 14.7. The van der Waals surface area contributed by atoms with Gasteiger partial charge in [0.15, 0.2) is 0 Å². The van der Waals surface area contributed by atoms with E-state index in [1.807, 2.05) is 32.1 Å². The lowest BCUT2D eigenvalue weighted by Crippen LogP contribution is -2.56. The molecule has 0 unspecified atom stereocenters. The third-order valence-electron chi connectivity index (χ3n) is 10.5. The van der Waals surface area contributed by atoms with Crippen molar-refractivity contribution in [1.29, 1.82) is 0 Å². The zero-order valence-electron chi connectivity index (χ0n) is 34.9. The molecular weight excluding hydrogens is 748 g/mol. The van der Waals surface area contributed by atoms with Crippen LogP contribution in [-0.2, 0) is 30.3 Å². The highest BCUT2D eigenvalue weighted by molar-refractivity contribution is 6.30. The van der Waals surface area contributed by atoms with Crippen molar-refractivity contribution in [2.45, 2.75) is 123 Å². The zero-order chi connectivity index (χ0) is 42.0. The third-order valence-corrected chi connectivity index (χ3v) is 10.7. The highest BCUT2D eigenvalue weighted by atomic mass is 35.5. The SMILES string of the molecule is CC(=O)N1CC=C(c2ccc(Cl)cc2C[C@H]2C(=O)N(C)CCCCCCC[C@H](n3cccc(NC(=O)OC(C)(C)C)c3=O)C(=O)N[C@@H](CC(C)C)C(=O)N2C)CC1. The van der Waals surface area contributed by atoms with Gasteiger partial charge in [0.2, 0.25) is 23.6 Å². The molecule has 0 bridgehead atoms. The topological polar surface area (TPSA) is 150 Å². The minimum Gasteiger partial charge on any atom is -0.444 e. The summed E-state index contributed by atoms with van der Waals surface area (Å²) >= 11 is 6.56. The Balaban J connectivity index is 1.71. The Hall–Kier alpha value is -4.65. The number of likely N-dealkylation sites (N-methyl/N-ethyl adjacent to an activating group) is 2. The van der Waals surface area contributed by atoms with Crippen molar-refractivity contribution < 1.29 is 28.7 Å². The van der Waals surface area contributed by atoms with Crippen LogP contribution in [0.3, 0.4) is 0 Å². The van der Waals surface area contributed by atoms with Gasteiger partial charge in [0.25, 0.3) is 5.56 Å². The van der Waals surface area contributed by atoms with Gasteiger partial charge in [-0.2, -0.15) is 0 Å². The van der Waals surface area contributed by atoms with E-state index in [2.05, 4.69) is 10.6 Å². The third kappa shape index (κ3) is 12.7. The molecule has 312 valence electrons. The Labute approximate surface area is 342 Å². The number of aromatic nitrogens is 1. The van der Waals surface area contributed by atoms with Crippen LogP contribution < -0.4 is 16.2 Å². The number of ether oxygens (including phenoxy) is 1. The average Bonchev–Trinajstić information content (AvgIpc) is 3.13. The molecular formula is C43H61ClN6O7. The van der Waals surface area contributed by atoms with E-state index >= 15 is 0 Å². The van der Waals surface area contributed by atoms with Crippen LogP contribution >= 0.6 is 11.6 Å². The van der Waals surface area contributed by atoms with Gasteiger partial charge in [0, 0.05) is 58.3 Å². The number of carbonyl (C=O) groups is 5. The molecule has 2 aliphatic heterocycles. The number of carbonyl (C=O) groups excluding carboxylic acids is 5. The first-order valence-electron chi connectivity index (χ1n) is 20.1. The number of rotatable bonds is 7. The largest absolute Gasteiger partial charge is 0.444 e. The number of halogens is 1. The summed E-state index contributed by atoms with van der Waals surface area (Å²) in [6.45, 7) is 12.2. The van der Waals surface area contributed by atoms with Crippen molar-refractivity contribution in [2.24, 2.45) is 5.92 Å². The molecule has 1 aromatic carbocycles. The van der Waals surface area contributed by atoms with Crippen LogP contribution in [0.15, 0.2) is 47.4 Å². The summed E-state index contributed by atoms with van der Waals surface area (Å²) in [6, 6.07) is 5.71. The fourth-order valence-electron chi connectivity index (χ4n) is 7.44. The van der Waals surface area contributed by atoms with E-state index in [1.54, 1.807) is 63.7 Å². The first-order valence-corrected chi connectivity index (χ1v) is 20.5. The molecule has 14 heteroatoms. The smallest absolute Gasteiger partial charge is 0.412 e. The number of amides is 5. The summed E-state index contributed by atoms with van der Waals surface area (Å²) < 4.78 is 6.66. The molecule has 2 aliphatic rings. The van der Waals surface area contributed by atoms with Crippen LogP contribution in [0.25, 0.3) is 5.57 Å². The predicted molar refractivity (Wildman–Crippen MR) is 223 cm³/mol. The van der Waals surface area contributed by atoms with E-state index < -0.39 is 47.2 Å². The minimum absolute atomic E-state index is 0.00611. The molecule has 0 spiro atoms. The average molecular weight is 809 g/mol. The van der Waals surface area contributed by atoms with E-state index in [0.717, 1.165) is 42.4 Å². The molecule has 1 fully saturated rings. The van der Waals surface area contributed by atoms with Gasteiger partial charge in [-0.25, -0.2) is 4.79 Å². The van der Waals surface area contributed by atoms with Crippen molar-refractivity contribution in [3.8, 4) is 0 Å². The molecule has 2 aromatic rings. The van der Waals surface area contributed by atoms with Gasteiger partial charge in [-0.15, -0.1) is 0 Å². The second-order valence-electron chi connectivity index (χ2n) is 16.7. The Morgan fingerprint density at radius 1 is 0.982 bits per heavy atom. The number of nitrogens with zero attached hydrogens (tertiary/aromatic N) is 4. The lowest BCUT2D eigenvalue weighted by molar-refractivity contribution is -0.146. The number of hydrogen-bond donors (Lipinski definition) is 2. The Morgan fingerprint density at radius 3 is 2.33 bits per heavy atom. The lowest BCUT2D eigenvalue weighted by atomic mass is 9.90. The number of anilines is 1. The number of hydrogen-bond acceptors (Lipinski definition) is 7. The summed E-state index contributed by atoms with van der Waals surface area (Å²) in [5, 5.41) is 6.00. The highest BCUT2D eigenvalue weighted by Crippen LogP contribution is 2.30. The number of nitrogens with one attached hydrogen (secondary N) is 2. The van der Waals surface area contributed by atoms with E-state index in [4.69, 9.17) is 16.3 Å². The Kier molecular flexibility index (Phi) is 15.9. The first-order chi connectivity index (χ1) is 26.9. The van der Waals surface area contributed by atoms with Gasteiger partial charge >= 0.3 is 6.09 Å². The van der Waals surface area contributed by atoms with Crippen molar-refractivity contribution in [3.63, 3.8) is 0 Å². The van der Waals surface area contributed by atoms with Gasteiger partial charge in [0.05, 0.1) is 0 Å². The van der Waals surface area contributed by atoms with Gasteiger partial charge in [-0.1, -0.05) is 63.3 Å². The van der Waals surface area contributed by atoms with E-state index in [0.29, 0.717) is 43.9 Å². The summed E-state index contributed by atoms with van der Waals surface area (Å²) in [5.41, 5.74) is 1.36. The molecule has 13 nitrogen and oxygen atoms in total. The normalized spacial score (nSPS) is 20.9. The molecule has 1 aromatic heterocycles. The lowest BCUT2D eigenvalue weighted by Gasteiger charge is -2.35. The summed E-state index contributed by atoms with van der Waals surface area (Å²) in [6.07, 6.45) is 8.08. The fraction of sp³-hybridized carbons (Fsp3) is 0.581. The zero-order valence-corrected chi connectivity index (χ0v) is 35.6. The van der Waals surface area contributed by atoms with Crippen LogP contribution in [0, 0.1) is 5.92 Å². The van der Waals surface area contributed by atoms with E-state index in [1.165, 1.54) is 21.7 Å². The predicted octanol–water partition coefficient (Wildman–Crippen LogP) is 6.44. The molecule has 2 N–H and O–H groups in total. The maximum Gasteiger partial charge on any atom is 0.412 e. The van der Waals surface area contributed by atoms with Gasteiger partial charge in [-0.05, 0) is 93.3 Å². The van der Waals surface area contributed by atoms with Crippen LogP contribution in [0.1, 0.15) is 110 Å². The van der Waals surface area contributed by atoms with Gasteiger partial charge in [0.1, 0.15) is 29.4 Å². The van der Waals surface area contributed by atoms with Crippen LogP contribution in [0.2, 0.25) is 5.02 Å². The Bertz CT molecular complexity index is 1870. The van der Waals surface area contributed by atoms with Crippen LogP contribution in [-0.4, -0.2) is 100 Å². The second kappa shape index (κ2) is 20.2. The maximum atomic E-state index is 14.7. The molecule has 3 heterocycles. The van der Waals surface area contributed by atoms with Crippen molar-refractivity contribution >= 4 is 52.6 Å². The van der Waals surface area contributed by atoms with Crippen molar-refractivity contribution in [1.82, 2.24) is 24.6 Å². The van der Waals surface area contributed by atoms with Crippen LogP contribution in [0.4, 0.5) is 10.5 Å². The first kappa shape index (κ1) is 45.1. The van der Waals surface area contributed by atoms with Crippen LogP contribution in [0.5, 0.6) is 0 Å². The van der Waals surface area contributed by atoms with Gasteiger partial charge in [-0.3, -0.25) is 29.3 Å². The molecule has 57 heavy (non-hydrogen) atoms.